The fourth-order valence-electron chi connectivity index (χ4n) is 1.67. The van der Waals surface area contributed by atoms with Crippen molar-refractivity contribution in [2.75, 3.05) is 12.4 Å². The normalized spacial score (nSPS) is 10.4. The van der Waals surface area contributed by atoms with Crippen LogP contribution in [0, 0.1) is 0 Å². The zero-order chi connectivity index (χ0) is 14.7. The second kappa shape index (κ2) is 7.16. The van der Waals surface area contributed by atoms with Crippen molar-refractivity contribution in [3.05, 3.63) is 54.3 Å². The van der Waals surface area contributed by atoms with Crippen LogP contribution in [-0.4, -0.2) is 7.11 Å². The van der Waals surface area contributed by atoms with E-state index < -0.39 is 0 Å². The topological polar surface area (TPSA) is 21.3 Å². The zero-order valence-corrected chi connectivity index (χ0v) is 16.0. The maximum absolute atomic E-state index is 5.98. The molecule has 0 bridgehead atoms. The Morgan fingerprint density at radius 1 is 1.05 bits per heavy atom. The summed E-state index contributed by atoms with van der Waals surface area (Å²) in [6.07, 6.45) is 0. The summed E-state index contributed by atoms with van der Waals surface area (Å²) < 4.78 is 8.07. The van der Waals surface area contributed by atoms with Crippen molar-refractivity contribution in [3.8, 4) is 5.75 Å². The third kappa shape index (κ3) is 3.91. The van der Waals surface area contributed by atoms with Gasteiger partial charge in [-0.1, -0.05) is 17.7 Å². The molecule has 0 aliphatic carbocycles. The summed E-state index contributed by atoms with van der Waals surface area (Å²) in [5.41, 5.74) is 2.10. The summed E-state index contributed by atoms with van der Waals surface area (Å²) in [5.74, 6) is 0.785. The Morgan fingerprint density at radius 3 is 2.45 bits per heavy atom. The van der Waals surface area contributed by atoms with Gasteiger partial charge in [-0.3, -0.25) is 0 Å². The largest absolute Gasteiger partial charge is 0.495 e. The molecule has 6 heteroatoms. The van der Waals surface area contributed by atoms with E-state index in [0.717, 1.165) is 30.4 Å². The average molecular weight is 484 g/mol. The second-order valence-corrected chi connectivity index (χ2v) is 7.04. The molecule has 0 saturated heterocycles. The molecule has 2 aromatic rings. The number of nitrogens with one attached hydrogen (secondary N) is 1. The Labute approximate surface area is 148 Å². The first-order valence-electron chi connectivity index (χ1n) is 5.72. The van der Waals surface area contributed by atoms with Gasteiger partial charge in [0.25, 0.3) is 0 Å². The number of benzene rings is 2. The van der Waals surface area contributed by atoms with Crippen LogP contribution in [0.2, 0.25) is 5.02 Å². The van der Waals surface area contributed by atoms with Gasteiger partial charge in [0.2, 0.25) is 0 Å². The van der Waals surface area contributed by atoms with Crippen LogP contribution >= 0.6 is 59.4 Å². The fourth-order valence-corrected chi connectivity index (χ4v) is 3.51. The van der Waals surface area contributed by atoms with Gasteiger partial charge in [0.1, 0.15) is 5.75 Å². The minimum Gasteiger partial charge on any atom is -0.495 e. The Bertz CT molecular complexity index is 634. The van der Waals surface area contributed by atoms with Crippen LogP contribution in [0.4, 0.5) is 5.69 Å². The number of anilines is 1. The molecule has 0 heterocycles. The molecular formula is C14H11Br3ClNO. The van der Waals surface area contributed by atoms with Crippen LogP contribution in [0.3, 0.4) is 0 Å². The molecule has 0 aliphatic heterocycles. The van der Waals surface area contributed by atoms with E-state index >= 15 is 0 Å². The van der Waals surface area contributed by atoms with Crippen molar-refractivity contribution in [1.29, 1.82) is 0 Å². The number of hydrogen-bond acceptors (Lipinski definition) is 2. The number of hydrogen-bond donors (Lipinski definition) is 1. The van der Waals surface area contributed by atoms with Gasteiger partial charge < -0.3 is 10.1 Å². The lowest BCUT2D eigenvalue weighted by molar-refractivity contribution is 0.412. The first-order valence-corrected chi connectivity index (χ1v) is 8.48. The third-order valence-electron chi connectivity index (χ3n) is 2.71. The molecule has 0 atom stereocenters. The molecule has 1 N–H and O–H groups in total. The first-order chi connectivity index (χ1) is 9.51. The summed E-state index contributed by atoms with van der Waals surface area (Å²) in [4.78, 5) is 0. The highest BCUT2D eigenvalue weighted by Crippen LogP contribution is 2.35. The lowest BCUT2D eigenvalue weighted by atomic mass is 10.2. The highest BCUT2D eigenvalue weighted by Gasteiger charge is 2.07. The zero-order valence-electron chi connectivity index (χ0n) is 10.5. The van der Waals surface area contributed by atoms with Crippen LogP contribution in [0.25, 0.3) is 0 Å². The minimum atomic E-state index is 0.694. The van der Waals surface area contributed by atoms with Crippen molar-refractivity contribution in [1.82, 2.24) is 0 Å². The number of ether oxygens (including phenoxy) is 1. The summed E-state index contributed by atoms with van der Waals surface area (Å²) in [6, 6.07) is 9.77. The van der Waals surface area contributed by atoms with Crippen LogP contribution in [0.1, 0.15) is 5.56 Å². The molecule has 2 aromatic carbocycles. The minimum absolute atomic E-state index is 0.694. The van der Waals surface area contributed by atoms with Crippen molar-refractivity contribution in [3.63, 3.8) is 0 Å². The summed E-state index contributed by atoms with van der Waals surface area (Å²) in [5, 5.41) is 4.07. The molecule has 2 rings (SSSR count). The molecule has 0 spiro atoms. The van der Waals surface area contributed by atoms with Crippen LogP contribution in [-0.2, 0) is 6.54 Å². The Hall–Kier alpha value is -0.230. The van der Waals surface area contributed by atoms with E-state index in [1.54, 1.807) is 7.11 Å². The van der Waals surface area contributed by atoms with E-state index in [1.807, 2.05) is 30.3 Å². The standard InChI is InChI=1S/C14H11Br3ClNO/c1-20-14-6-13(10(16)5-11(14)17)19-7-8-2-3-12(18)9(15)4-8/h2-6,19H,7H2,1H3. The predicted molar refractivity (Wildman–Crippen MR) is 94.9 cm³/mol. The molecular weight excluding hydrogens is 473 g/mol. The van der Waals surface area contributed by atoms with Gasteiger partial charge in [-0.05, 0) is 71.6 Å². The molecule has 0 aromatic heterocycles. The van der Waals surface area contributed by atoms with Crippen molar-refractivity contribution in [2.24, 2.45) is 0 Å². The van der Waals surface area contributed by atoms with E-state index in [9.17, 15) is 0 Å². The Balaban J connectivity index is 2.16. The third-order valence-corrected chi connectivity index (χ3v) is 5.20. The van der Waals surface area contributed by atoms with E-state index in [0.29, 0.717) is 11.6 Å². The van der Waals surface area contributed by atoms with Gasteiger partial charge in [-0.15, -0.1) is 0 Å². The smallest absolute Gasteiger partial charge is 0.135 e. The maximum Gasteiger partial charge on any atom is 0.135 e. The summed E-state index contributed by atoms with van der Waals surface area (Å²) >= 11 is 16.4. The van der Waals surface area contributed by atoms with Gasteiger partial charge in [-0.25, -0.2) is 0 Å². The first kappa shape index (κ1) is 16.1. The van der Waals surface area contributed by atoms with E-state index in [1.165, 1.54) is 0 Å². The quantitative estimate of drug-likeness (QED) is 0.554. The predicted octanol–water partition coefficient (Wildman–Crippen LogP) is 6.25. The molecule has 0 amide bonds. The van der Waals surface area contributed by atoms with Gasteiger partial charge in [0.15, 0.2) is 0 Å². The lowest BCUT2D eigenvalue weighted by Gasteiger charge is -2.12. The van der Waals surface area contributed by atoms with E-state index in [-0.39, 0.29) is 0 Å². The maximum atomic E-state index is 5.98. The summed E-state index contributed by atoms with van der Waals surface area (Å²) in [7, 11) is 1.65. The highest BCUT2D eigenvalue weighted by molar-refractivity contribution is 9.11. The summed E-state index contributed by atoms with van der Waals surface area (Å²) in [6.45, 7) is 0.694. The molecule has 106 valence electrons. The molecule has 0 unspecified atom stereocenters. The van der Waals surface area contributed by atoms with Gasteiger partial charge in [0.05, 0.1) is 22.3 Å². The van der Waals surface area contributed by atoms with Gasteiger partial charge in [0, 0.05) is 21.6 Å². The average Bonchev–Trinajstić information content (AvgIpc) is 2.41. The molecule has 0 aliphatic rings. The van der Waals surface area contributed by atoms with Crippen LogP contribution in [0.15, 0.2) is 43.7 Å². The number of methoxy groups -OCH3 is 1. The molecule has 2 nitrogen and oxygen atoms in total. The van der Waals surface area contributed by atoms with Crippen molar-refractivity contribution < 1.29 is 4.74 Å². The molecule has 0 radical (unpaired) electrons. The van der Waals surface area contributed by atoms with Gasteiger partial charge in [-0.2, -0.15) is 0 Å². The van der Waals surface area contributed by atoms with E-state index in [2.05, 4.69) is 53.1 Å². The fraction of sp³-hybridized carbons (Fsp3) is 0.143. The van der Waals surface area contributed by atoms with Gasteiger partial charge >= 0.3 is 0 Å². The van der Waals surface area contributed by atoms with Crippen molar-refractivity contribution >= 4 is 65.1 Å². The monoisotopic (exact) mass is 481 g/mol. The van der Waals surface area contributed by atoms with Crippen LogP contribution < -0.4 is 10.1 Å². The molecule has 0 saturated carbocycles. The SMILES string of the molecule is COc1cc(NCc2ccc(Cl)c(Br)c2)c(Br)cc1Br. The molecule has 20 heavy (non-hydrogen) atoms. The second-order valence-electron chi connectivity index (χ2n) is 4.07. The van der Waals surface area contributed by atoms with Crippen molar-refractivity contribution in [2.45, 2.75) is 6.54 Å². The highest BCUT2D eigenvalue weighted by atomic mass is 79.9. The lowest BCUT2D eigenvalue weighted by Crippen LogP contribution is -2.01. The number of rotatable bonds is 4. The van der Waals surface area contributed by atoms with E-state index in [4.69, 9.17) is 16.3 Å². The van der Waals surface area contributed by atoms with Crippen LogP contribution in [0.5, 0.6) is 5.75 Å². The molecule has 0 fully saturated rings. The Kier molecular flexibility index (Phi) is 5.78. The number of halogens is 4. The Morgan fingerprint density at radius 2 is 1.80 bits per heavy atom.